The lowest BCUT2D eigenvalue weighted by molar-refractivity contribution is 0.561. The van der Waals surface area contributed by atoms with Gasteiger partial charge in [0.15, 0.2) is 0 Å². The van der Waals surface area contributed by atoms with Gasteiger partial charge < -0.3 is 5.32 Å². The Labute approximate surface area is 168 Å². The zero-order valence-electron chi connectivity index (χ0n) is 15.3. The van der Waals surface area contributed by atoms with E-state index in [1.54, 1.807) is 12.1 Å². The van der Waals surface area contributed by atoms with Gasteiger partial charge in [0.25, 0.3) is 0 Å². The van der Waals surface area contributed by atoms with Crippen LogP contribution in [-0.4, -0.2) is 20.8 Å². The molecule has 0 saturated heterocycles. The molecule has 4 aromatic rings. The Kier molecular flexibility index (Phi) is 4.96. The first-order chi connectivity index (χ1) is 13.6. The molecule has 1 N–H and O–H groups in total. The SMILES string of the molecule is C[C@@H](Cn1ccc(-c2ccc(C#N)c(Cl)c2)n1)Nc1ccc2ccccc2n1. The highest BCUT2D eigenvalue weighted by molar-refractivity contribution is 6.32. The van der Waals surface area contributed by atoms with Gasteiger partial charge in [-0.15, -0.1) is 0 Å². The van der Waals surface area contributed by atoms with Gasteiger partial charge in [0.05, 0.1) is 28.3 Å². The Morgan fingerprint density at radius 3 is 2.82 bits per heavy atom. The van der Waals surface area contributed by atoms with Crippen molar-refractivity contribution >= 4 is 28.3 Å². The summed E-state index contributed by atoms with van der Waals surface area (Å²) in [5.74, 6) is 0.845. The van der Waals surface area contributed by atoms with E-state index in [1.807, 2.05) is 47.3 Å². The van der Waals surface area contributed by atoms with E-state index in [0.29, 0.717) is 17.1 Å². The van der Waals surface area contributed by atoms with Crippen molar-refractivity contribution in [2.24, 2.45) is 0 Å². The van der Waals surface area contributed by atoms with E-state index >= 15 is 0 Å². The number of fused-ring (bicyclic) bond motifs is 1. The second kappa shape index (κ2) is 7.71. The molecule has 0 aliphatic carbocycles. The highest BCUT2D eigenvalue weighted by Crippen LogP contribution is 2.24. The molecule has 0 saturated carbocycles. The quantitative estimate of drug-likeness (QED) is 0.515. The Balaban J connectivity index is 1.45. The number of nitriles is 1. The summed E-state index contributed by atoms with van der Waals surface area (Å²) in [6.07, 6.45) is 1.94. The Bertz CT molecular complexity index is 1170. The molecule has 0 unspecified atom stereocenters. The second-order valence-corrected chi connectivity index (χ2v) is 7.07. The molecule has 28 heavy (non-hydrogen) atoms. The maximum absolute atomic E-state index is 9.00. The standard InChI is InChI=1S/C22H18ClN5/c1-15(25-22-9-8-16-4-2-3-5-20(16)26-22)14-28-11-10-21(27-28)17-6-7-18(13-24)19(23)12-17/h2-12,15H,14H2,1H3,(H,25,26)/t15-/m0/s1. The van der Waals surface area contributed by atoms with Crippen LogP contribution in [0.5, 0.6) is 0 Å². The molecule has 2 aromatic carbocycles. The number of hydrogen-bond acceptors (Lipinski definition) is 4. The summed E-state index contributed by atoms with van der Waals surface area (Å²) in [6.45, 7) is 2.79. The fourth-order valence-electron chi connectivity index (χ4n) is 3.11. The van der Waals surface area contributed by atoms with Gasteiger partial charge in [-0.2, -0.15) is 10.4 Å². The van der Waals surface area contributed by atoms with E-state index in [1.165, 1.54) is 0 Å². The lowest BCUT2D eigenvalue weighted by Gasteiger charge is -2.15. The molecule has 5 nitrogen and oxygen atoms in total. The van der Waals surface area contributed by atoms with Crippen LogP contribution in [0.4, 0.5) is 5.82 Å². The highest BCUT2D eigenvalue weighted by atomic mass is 35.5. The molecule has 0 spiro atoms. The summed E-state index contributed by atoms with van der Waals surface area (Å²) in [5.41, 5.74) is 3.14. The first-order valence-corrected chi connectivity index (χ1v) is 9.36. The fourth-order valence-corrected chi connectivity index (χ4v) is 3.33. The van der Waals surface area contributed by atoms with Gasteiger partial charge in [-0.25, -0.2) is 4.98 Å². The maximum Gasteiger partial charge on any atom is 0.126 e. The lowest BCUT2D eigenvalue weighted by Crippen LogP contribution is -2.22. The zero-order valence-corrected chi connectivity index (χ0v) is 16.1. The number of pyridine rings is 1. The monoisotopic (exact) mass is 387 g/mol. The number of halogens is 1. The van der Waals surface area contributed by atoms with E-state index in [2.05, 4.69) is 40.5 Å². The summed E-state index contributed by atoms with van der Waals surface area (Å²) in [4.78, 5) is 4.65. The maximum atomic E-state index is 9.00. The van der Waals surface area contributed by atoms with Gasteiger partial charge in [-0.3, -0.25) is 4.68 Å². The van der Waals surface area contributed by atoms with Gasteiger partial charge in [-0.1, -0.05) is 35.9 Å². The molecule has 2 aromatic heterocycles. The van der Waals surface area contributed by atoms with E-state index in [9.17, 15) is 0 Å². The van der Waals surface area contributed by atoms with Gasteiger partial charge in [0.2, 0.25) is 0 Å². The third-order valence-corrected chi connectivity index (χ3v) is 4.79. The van der Waals surface area contributed by atoms with Gasteiger partial charge >= 0.3 is 0 Å². The van der Waals surface area contributed by atoms with Crippen molar-refractivity contribution in [3.8, 4) is 17.3 Å². The van der Waals surface area contributed by atoms with Gasteiger partial charge in [-0.05, 0) is 43.3 Å². The Morgan fingerprint density at radius 1 is 1.14 bits per heavy atom. The molecular formula is C22H18ClN5. The van der Waals surface area contributed by atoms with Crippen molar-refractivity contribution in [3.63, 3.8) is 0 Å². The molecule has 0 radical (unpaired) electrons. The number of hydrogen-bond donors (Lipinski definition) is 1. The average molecular weight is 388 g/mol. The number of rotatable bonds is 5. The van der Waals surface area contributed by atoms with Crippen molar-refractivity contribution in [3.05, 3.63) is 77.4 Å². The van der Waals surface area contributed by atoms with Crippen LogP contribution in [0.25, 0.3) is 22.2 Å². The summed E-state index contributed by atoms with van der Waals surface area (Å²) in [7, 11) is 0. The molecule has 0 aliphatic heterocycles. The summed E-state index contributed by atoms with van der Waals surface area (Å²) in [5, 5.41) is 18.6. The number of nitrogens with zero attached hydrogens (tertiary/aromatic N) is 4. The molecular weight excluding hydrogens is 370 g/mol. The van der Waals surface area contributed by atoms with Crippen molar-refractivity contribution in [1.82, 2.24) is 14.8 Å². The molecule has 138 valence electrons. The van der Waals surface area contributed by atoms with Crippen molar-refractivity contribution in [2.45, 2.75) is 19.5 Å². The fraction of sp³-hybridized carbons (Fsp3) is 0.136. The summed E-state index contributed by atoms with van der Waals surface area (Å²) in [6, 6.07) is 21.6. The third kappa shape index (κ3) is 3.83. The number of benzene rings is 2. The normalized spacial score (nSPS) is 11.9. The minimum absolute atomic E-state index is 0.144. The topological polar surface area (TPSA) is 66.5 Å². The number of aromatic nitrogens is 3. The van der Waals surface area contributed by atoms with Crippen LogP contribution < -0.4 is 5.32 Å². The van der Waals surface area contributed by atoms with Crippen LogP contribution in [0.3, 0.4) is 0 Å². The molecule has 0 aliphatic rings. The van der Waals surface area contributed by atoms with Crippen LogP contribution in [0.2, 0.25) is 5.02 Å². The van der Waals surface area contributed by atoms with Crippen LogP contribution in [-0.2, 0) is 6.54 Å². The smallest absolute Gasteiger partial charge is 0.126 e. The molecule has 4 rings (SSSR count). The molecule has 2 heterocycles. The van der Waals surface area contributed by atoms with E-state index in [-0.39, 0.29) is 6.04 Å². The predicted octanol–water partition coefficient (Wildman–Crippen LogP) is 5.12. The lowest BCUT2D eigenvalue weighted by atomic mass is 10.1. The van der Waals surface area contributed by atoms with Gasteiger partial charge in [0, 0.05) is 23.2 Å². The van der Waals surface area contributed by atoms with Crippen molar-refractivity contribution in [2.75, 3.05) is 5.32 Å². The molecule has 0 bridgehead atoms. The molecule has 1 atom stereocenters. The molecule has 6 heteroatoms. The minimum atomic E-state index is 0.144. The van der Waals surface area contributed by atoms with Gasteiger partial charge in [0.1, 0.15) is 11.9 Å². The van der Waals surface area contributed by atoms with Crippen molar-refractivity contribution < 1.29 is 0 Å². The van der Waals surface area contributed by atoms with Crippen molar-refractivity contribution in [1.29, 1.82) is 5.26 Å². The number of nitrogens with one attached hydrogen (secondary N) is 1. The average Bonchev–Trinajstić information content (AvgIpc) is 3.16. The largest absolute Gasteiger partial charge is 0.366 e. The third-order valence-electron chi connectivity index (χ3n) is 4.48. The van der Waals surface area contributed by atoms with Crippen LogP contribution in [0.1, 0.15) is 12.5 Å². The number of para-hydroxylation sites is 1. The van der Waals surface area contributed by atoms with E-state index in [0.717, 1.165) is 28.0 Å². The molecule has 0 amide bonds. The first kappa shape index (κ1) is 18.0. The Hall–Kier alpha value is -3.36. The minimum Gasteiger partial charge on any atom is -0.366 e. The Morgan fingerprint density at radius 2 is 2.00 bits per heavy atom. The molecule has 0 fully saturated rings. The summed E-state index contributed by atoms with van der Waals surface area (Å²) >= 11 is 6.13. The zero-order chi connectivity index (χ0) is 19.5. The van der Waals surface area contributed by atoms with E-state index in [4.69, 9.17) is 16.9 Å². The van der Waals surface area contributed by atoms with E-state index < -0.39 is 0 Å². The summed E-state index contributed by atoms with van der Waals surface area (Å²) < 4.78 is 1.89. The predicted molar refractivity (Wildman–Crippen MR) is 112 cm³/mol. The highest BCUT2D eigenvalue weighted by Gasteiger charge is 2.09. The van der Waals surface area contributed by atoms with Crippen LogP contribution in [0, 0.1) is 11.3 Å². The second-order valence-electron chi connectivity index (χ2n) is 6.66. The van der Waals surface area contributed by atoms with Crippen LogP contribution in [0.15, 0.2) is 66.9 Å². The van der Waals surface area contributed by atoms with Crippen LogP contribution >= 0.6 is 11.6 Å². The number of anilines is 1. The first-order valence-electron chi connectivity index (χ1n) is 8.98.